The zero-order chi connectivity index (χ0) is 15.8. The summed E-state index contributed by atoms with van der Waals surface area (Å²) in [6.45, 7) is 4.07. The summed E-state index contributed by atoms with van der Waals surface area (Å²) >= 11 is 0. The first-order chi connectivity index (χ1) is 9.90. The normalized spacial score (nSPS) is 12.0. The van der Waals surface area contributed by atoms with E-state index in [1.807, 2.05) is 38.1 Å². The highest BCUT2D eigenvalue weighted by Gasteiger charge is 2.16. The number of carbonyl (C=O) groups excluding carboxylic acids is 1. The van der Waals surface area contributed by atoms with Gasteiger partial charge in [0.15, 0.2) is 0 Å². The first-order valence-corrected chi connectivity index (χ1v) is 7.24. The monoisotopic (exact) mass is 292 g/mol. The number of nitrogens with zero attached hydrogens (tertiary/aromatic N) is 1. The summed E-state index contributed by atoms with van der Waals surface area (Å²) in [6.07, 6.45) is 1.82. The van der Waals surface area contributed by atoms with Gasteiger partial charge in [-0.15, -0.1) is 0 Å². The standard InChI is InChI=1S/C16H24N2O3/c1-12-6-8-14(9-7-12)18(11-10-16(20)21)15(19)5-3-4-13(2)17/h6-9,13H,3-5,10-11,17H2,1-2H3,(H,20,21). The van der Waals surface area contributed by atoms with E-state index in [0.29, 0.717) is 12.8 Å². The molecule has 5 nitrogen and oxygen atoms in total. The molecule has 0 bridgehead atoms. The van der Waals surface area contributed by atoms with Crippen LogP contribution in [0.4, 0.5) is 5.69 Å². The highest BCUT2D eigenvalue weighted by Crippen LogP contribution is 2.17. The molecule has 116 valence electrons. The van der Waals surface area contributed by atoms with E-state index in [4.69, 9.17) is 10.8 Å². The van der Waals surface area contributed by atoms with Crippen LogP contribution in [0.2, 0.25) is 0 Å². The summed E-state index contributed by atoms with van der Waals surface area (Å²) in [5.41, 5.74) is 7.52. The van der Waals surface area contributed by atoms with Gasteiger partial charge in [0.1, 0.15) is 0 Å². The second kappa shape index (κ2) is 8.42. The predicted molar refractivity (Wildman–Crippen MR) is 83.3 cm³/mol. The van der Waals surface area contributed by atoms with Crippen molar-refractivity contribution in [3.63, 3.8) is 0 Å². The molecule has 1 unspecified atom stereocenters. The summed E-state index contributed by atoms with van der Waals surface area (Å²) in [5, 5.41) is 8.83. The summed E-state index contributed by atoms with van der Waals surface area (Å²) in [5.74, 6) is -0.962. The Kier molecular flexibility index (Phi) is 6.88. The van der Waals surface area contributed by atoms with Gasteiger partial charge in [-0.25, -0.2) is 0 Å². The Hall–Kier alpha value is -1.88. The first-order valence-electron chi connectivity index (χ1n) is 7.24. The zero-order valence-electron chi connectivity index (χ0n) is 12.7. The van der Waals surface area contributed by atoms with Crippen molar-refractivity contribution in [1.29, 1.82) is 0 Å². The molecule has 1 aromatic carbocycles. The Morgan fingerprint density at radius 3 is 2.38 bits per heavy atom. The van der Waals surface area contributed by atoms with Crippen molar-refractivity contribution in [2.45, 2.75) is 45.6 Å². The molecule has 1 atom stereocenters. The average Bonchev–Trinajstić information content (AvgIpc) is 2.40. The van der Waals surface area contributed by atoms with Gasteiger partial charge in [-0.2, -0.15) is 0 Å². The van der Waals surface area contributed by atoms with Crippen LogP contribution in [0.3, 0.4) is 0 Å². The molecule has 5 heteroatoms. The van der Waals surface area contributed by atoms with E-state index < -0.39 is 5.97 Å². The Morgan fingerprint density at radius 1 is 1.24 bits per heavy atom. The maximum absolute atomic E-state index is 12.3. The van der Waals surface area contributed by atoms with Gasteiger partial charge in [0.25, 0.3) is 0 Å². The number of hydrogen-bond acceptors (Lipinski definition) is 3. The minimum absolute atomic E-state index is 0.0549. The van der Waals surface area contributed by atoms with Gasteiger partial charge in [0, 0.05) is 24.7 Å². The Labute approximate surface area is 125 Å². The van der Waals surface area contributed by atoms with Crippen molar-refractivity contribution in [1.82, 2.24) is 0 Å². The van der Waals surface area contributed by atoms with Crippen molar-refractivity contribution >= 4 is 17.6 Å². The summed E-state index contributed by atoms with van der Waals surface area (Å²) in [7, 11) is 0. The molecule has 1 aromatic rings. The van der Waals surface area contributed by atoms with E-state index in [-0.39, 0.29) is 24.9 Å². The molecule has 0 radical (unpaired) electrons. The lowest BCUT2D eigenvalue weighted by molar-refractivity contribution is -0.136. The number of carbonyl (C=O) groups is 2. The van der Waals surface area contributed by atoms with Crippen LogP contribution < -0.4 is 10.6 Å². The number of benzene rings is 1. The Morgan fingerprint density at radius 2 is 1.86 bits per heavy atom. The highest BCUT2D eigenvalue weighted by atomic mass is 16.4. The van der Waals surface area contributed by atoms with Crippen LogP contribution in [0.25, 0.3) is 0 Å². The molecule has 1 rings (SSSR count). The molecule has 3 N–H and O–H groups in total. The minimum Gasteiger partial charge on any atom is -0.481 e. The van der Waals surface area contributed by atoms with E-state index in [1.165, 1.54) is 0 Å². The number of amides is 1. The molecule has 1 amide bonds. The fourth-order valence-corrected chi connectivity index (χ4v) is 2.04. The van der Waals surface area contributed by atoms with Crippen LogP contribution in [0.5, 0.6) is 0 Å². The summed E-state index contributed by atoms with van der Waals surface area (Å²) in [6, 6.07) is 7.60. The number of rotatable bonds is 8. The molecule has 21 heavy (non-hydrogen) atoms. The molecule has 0 heterocycles. The van der Waals surface area contributed by atoms with Crippen molar-refractivity contribution in [3.05, 3.63) is 29.8 Å². The third-order valence-corrected chi connectivity index (χ3v) is 3.25. The SMILES string of the molecule is Cc1ccc(N(CCC(=O)O)C(=O)CCCC(C)N)cc1. The van der Waals surface area contributed by atoms with E-state index in [2.05, 4.69) is 0 Å². The maximum Gasteiger partial charge on any atom is 0.305 e. The van der Waals surface area contributed by atoms with Crippen molar-refractivity contribution in [2.75, 3.05) is 11.4 Å². The number of carboxylic acids is 1. The molecule has 0 aliphatic rings. The summed E-state index contributed by atoms with van der Waals surface area (Å²) in [4.78, 5) is 24.6. The van der Waals surface area contributed by atoms with Gasteiger partial charge in [-0.05, 0) is 38.8 Å². The van der Waals surface area contributed by atoms with Gasteiger partial charge in [-0.3, -0.25) is 9.59 Å². The van der Waals surface area contributed by atoms with Crippen LogP contribution >= 0.6 is 0 Å². The zero-order valence-corrected chi connectivity index (χ0v) is 12.7. The molecule has 0 aliphatic carbocycles. The van der Waals surface area contributed by atoms with Gasteiger partial charge >= 0.3 is 5.97 Å². The van der Waals surface area contributed by atoms with Gasteiger partial charge in [-0.1, -0.05) is 17.7 Å². The van der Waals surface area contributed by atoms with Gasteiger partial charge in [0.05, 0.1) is 6.42 Å². The van der Waals surface area contributed by atoms with Crippen LogP contribution in [0, 0.1) is 6.92 Å². The fraction of sp³-hybridized carbons (Fsp3) is 0.500. The Bertz CT molecular complexity index is 469. The van der Waals surface area contributed by atoms with E-state index in [0.717, 1.165) is 17.7 Å². The number of hydrogen-bond donors (Lipinski definition) is 2. The number of aliphatic carboxylic acids is 1. The maximum atomic E-state index is 12.3. The minimum atomic E-state index is -0.907. The van der Waals surface area contributed by atoms with Crippen LogP contribution in [-0.4, -0.2) is 29.6 Å². The molecule has 0 spiro atoms. The van der Waals surface area contributed by atoms with Gasteiger partial charge < -0.3 is 15.7 Å². The number of nitrogens with two attached hydrogens (primary N) is 1. The smallest absolute Gasteiger partial charge is 0.305 e. The highest BCUT2D eigenvalue weighted by molar-refractivity contribution is 5.93. The molecular formula is C16H24N2O3. The lowest BCUT2D eigenvalue weighted by Crippen LogP contribution is -2.33. The first kappa shape index (κ1) is 17.2. The number of carboxylic acid groups (broad SMARTS) is 1. The van der Waals surface area contributed by atoms with Crippen LogP contribution in [-0.2, 0) is 9.59 Å². The third kappa shape index (κ3) is 6.40. The predicted octanol–water partition coefficient (Wildman–Crippen LogP) is 2.32. The average molecular weight is 292 g/mol. The number of anilines is 1. The molecule has 0 saturated carbocycles. The van der Waals surface area contributed by atoms with Crippen molar-refractivity contribution in [2.24, 2.45) is 5.73 Å². The fourth-order valence-electron chi connectivity index (χ4n) is 2.04. The van der Waals surface area contributed by atoms with E-state index in [9.17, 15) is 9.59 Å². The molecule has 0 saturated heterocycles. The number of aryl methyl sites for hydroxylation is 1. The summed E-state index contributed by atoms with van der Waals surface area (Å²) < 4.78 is 0. The second-order valence-corrected chi connectivity index (χ2v) is 5.39. The van der Waals surface area contributed by atoms with Crippen molar-refractivity contribution < 1.29 is 14.7 Å². The quantitative estimate of drug-likeness (QED) is 0.770. The largest absolute Gasteiger partial charge is 0.481 e. The lowest BCUT2D eigenvalue weighted by Gasteiger charge is -2.22. The molecule has 0 aliphatic heterocycles. The third-order valence-electron chi connectivity index (χ3n) is 3.25. The topological polar surface area (TPSA) is 83.6 Å². The van der Waals surface area contributed by atoms with E-state index in [1.54, 1.807) is 4.90 Å². The molecule has 0 fully saturated rings. The van der Waals surface area contributed by atoms with Crippen LogP contribution in [0.15, 0.2) is 24.3 Å². The van der Waals surface area contributed by atoms with Gasteiger partial charge in [0.2, 0.25) is 5.91 Å². The van der Waals surface area contributed by atoms with Crippen LogP contribution in [0.1, 0.15) is 38.2 Å². The van der Waals surface area contributed by atoms with E-state index >= 15 is 0 Å². The van der Waals surface area contributed by atoms with Crippen molar-refractivity contribution in [3.8, 4) is 0 Å². The Balaban J connectivity index is 2.73. The lowest BCUT2D eigenvalue weighted by atomic mass is 10.1. The molecular weight excluding hydrogens is 268 g/mol. The second-order valence-electron chi connectivity index (χ2n) is 5.39. The molecule has 0 aromatic heterocycles.